The Kier molecular flexibility index (Phi) is 6.78. The van der Waals surface area contributed by atoms with Crippen LogP contribution in [0.1, 0.15) is 18.2 Å². The van der Waals surface area contributed by atoms with Crippen LogP contribution in [0.4, 0.5) is 0 Å². The van der Waals surface area contributed by atoms with Crippen LogP contribution in [-0.2, 0) is 27.3 Å². The number of benzene rings is 1. The number of esters is 1. The molecule has 0 aliphatic carbocycles. The highest BCUT2D eigenvalue weighted by Crippen LogP contribution is 2.25. The number of thiophene rings is 1. The van der Waals surface area contributed by atoms with Gasteiger partial charge in [-0.3, -0.25) is 9.59 Å². The van der Waals surface area contributed by atoms with Gasteiger partial charge in [-0.1, -0.05) is 12.1 Å². The Hall–Kier alpha value is -2.71. The SMILES string of the molecule is COc1ccc(CNC(=O)[C@H](C)OC(=O)Cc2csc(-c3ccsc3)n2)cc1. The van der Waals surface area contributed by atoms with Gasteiger partial charge in [-0.25, -0.2) is 4.98 Å². The number of aromatic nitrogens is 1. The minimum absolute atomic E-state index is 0.0384. The molecule has 1 amide bonds. The molecule has 0 spiro atoms. The summed E-state index contributed by atoms with van der Waals surface area (Å²) in [7, 11) is 1.60. The molecule has 0 aliphatic heterocycles. The average Bonchev–Trinajstić information content (AvgIpc) is 3.38. The second kappa shape index (κ2) is 9.48. The molecule has 6 nitrogen and oxygen atoms in total. The summed E-state index contributed by atoms with van der Waals surface area (Å²) in [4.78, 5) is 28.7. The molecular weight excluding hydrogens is 396 g/mol. The topological polar surface area (TPSA) is 77.5 Å². The second-order valence-electron chi connectivity index (χ2n) is 6.03. The fourth-order valence-corrected chi connectivity index (χ4v) is 3.96. The number of rotatable bonds is 8. The molecule has 1 aromatic carbocycles. The number of carbonyl (C=O) groups is 2. The Morgan fingerprint density at radius 1 is 1.18 bits per heavy atom. The Morgan fingerprint density at radius 2 is 1.96 bits per heavy atom. The van der Waals surface area contributed by atoms with E-state index in [2.05, 4.69) is 10.3 Å². The van der Waals surface area contributed by atoms with Crippen molar-refractivity contribution in [2.45, 2.75) is 26.0 Å². The van der Waals surface area contributed by atoms with Crippen LogP contribution in [0.3, 0.4) is 0 Å². The lowest BCUT2D eigenvalue weighted by Crippen LogP contribution is -2.35. The number of ether oxygens (including phenoxy) is 2. The molecule has 3 rings (SSSR count). The lowest BCUT2D eigenvalue weighted by Gasteiger charge is -2.13. The average molecular weight is 417 g/mol. The van der Waals surface area contributed by atoms with Crippen LogP contribution >= 0.6 is 22.7 Å². The monoisotopic (exact) mass is 416 g/mol. The van der Waals surface area contributed by atoms with Crippen molar-refractivity contribution in [1.29, 1.82) is 0 Å². The van der Waals surface area contributed by atoms with Gasteiger partial charge in [0.05, 0.1) is 19.2 Å². The van der Waals surface area contributed by atoms with E-state index < -0.39 is 12.1 Å². The smallest absolute Gasteiger partial charge is 0.312 e. The first-order valence-corrected chi connectivity index (χ1v) is 10.4. The molecule has 28 heavy (non-hydrogen) atoms. The Balaban J connectivity index is 1.46. The molecule has 0 radical (unpaired) electrons. The van der Waals surface area contributed by atoms with E-state index >= 15 is 0 Å². The summed E-state index contributed by atoms with van der Waals surface area (Å²) >= 11 is 3.08. The van der Waals surface area contributed by atoms with Crippen LogP contribution in [0.25, 0.3) is 10.6 Å². The van der Waals surface area contributed by atoms with Gasteiger partial charge < -0.3 is 14.8 Å². The minimum Gasteiger partial charge on any atom is -0.497 e. The Labute approximate surface area is 171 Å². The molecular formula is C20H20N2O4S2. The normalized spacial score (nSPS) is 11.6. The van der Waals surface area contributed by atoms with Gasteiger partial charge in [0.15, 0.2) is 6.10 Å². The van der Waals surface area contributed by atoms with Crippen LogP contribution in [0.2, 0.25) is 0 Å². The summed E-state index contributed by atoms with van der Waals surface area (Å²) in [5.74, 6) is -0.0720. The van der Waals surface area contributed by atoms with Gasteiger partial charge >= 0.3 is 5.97 Å². The van der Waals surface area contributed by atoms with Gasteiger partial charge in [0.2, 0.25) is 0 Å². The van der Waals surface area contributed by atoms with Crippen molar-refractivity contribution in [3.8, 4) is 16.3 Å². The lowest BCUT2D eigenvalue weighted by molar-refractivity contribution is -0.154. The summed E-state index contributed by atoms with van der Waals surface area (Å²) in [6, 6.07) is 9.36. The first-order chi connectivity index (χ1) is 13.5. The zero-order chi connectivity index (χ0) is 19.9. The third-order valence-electron chi connectivity index (χ3n) is 3.95. The Morgan fingerprint density at radius 3 is 2.64 bits per heavy atom. The quantitative estimate of drug-likeness (QED) is 0.567. The standard InChI is InChI=1S/C20H20N2O4S2/c1-13(19(24)21-10-14-3-5-17(25-2)6-4-14)26-18(23)9-16-12-28-20(22-16)15-7-8-27-11-15/h3-8,11-13H,9-10H2,1-2H3,(H,21,24)/t13-/m0/s1. The Bertz CT molecular complexity index is 920. The van der Waals surface area contributed by atoms with E-state index in [1.807, 2.05) is 46.5 Å². The lowest BCUT2D eigenvalue weighted by atomic mass is 10.2. The summed E-state index contributed by atoms with van der Waals surface area (Å²) in [5, 5.41) is 9.46. The number of carbonyl (C=O) groups excluding carboxylic acids is 2. The van der Waals surface area contributed by atoms with E-state index in [0.717, 1.165) is 21.9 Å². The summed E-state index contributed by atoms with van der Waals surface area (Å²) in [5.41, 5.74) is 2.61. The number of nitrogens with one attached hydrogen (secondary N) is 1. The number of hydrogen-bond donors (Lipinski definition) is 1. The van der Waals surface area contributed by atoms with Crippen molar-refractivity contribution < 1.29 is 19.1 Å². The zero-order valence-corrected chi connectivity index (χ0v) is 17.1. The second-order valence-corrected chi connectivity index (χ2v) is 7.67. The van der Waals surface area contributed by atoms with Gasteiger partial charge in [0, 0.05) is 22.9 Å². The molecule has 0 saturated carbocycles. The van der Waals surface area contributed by atoms with Gasteiger partial charge in [0.1, 0.15) is 10.8 Å². The molecule has 2 aromatic heterocycles. The summed E-state index contributed by atoms with van der Waals surface area (Å²) in [6.45, 7) is 1.90. The number of amides is 1. The predicted molar refractivity (Wildman–Crippen MR) is 110 cm³/mol. The van der Waals surface area contributed by atoms with E-state index in [1.54, 1.807) is 25.4 Å². The largest absolute Gasteiger partial charge is 0.497 e. The van der Waals surface area contributed by atoms with Gasteiger partial charge in [0.25, 0.3) is 5.91 Å². The maximum Gasteiger partial charge on any atom is 0.312 e. The molecule has 8 heteroatoms. The minimum atomic E-state index is -0.874. The van der Waals surface area contributed by atoms with E-state index in [0.29, 0.717) is 12.2 Å². The molecule has 0 saturated heterocycles. The van der Waals surface area contributed by atoms with E-state index in [1.165, 1.54) is 11.3 Å². The summed E-state index contributed by atoms with van der Waals surface area (Å²) < 4.78 is 10.3. The molecule has 0 fully saturated rings. The highest BCUT2D eigenvalue weighted by molar-refractivity contribution is 7.14. The first kappa shape index (κ1) is 20.0. The van der Waals surface area contributed by atoms with E-state index in [-0.39, 0.29) is 12.3 Å². The van der Waals surface area contributed by atoms with Gasteiger partial charge in [-0.2, -0.15) is 11.3 Å². The van der Waals surface area contributed by atoms with Gasteiger partial charge in [-0.15, -0.1) is 11.3 Å². The fraction of sp³-hybridized carbons (Fsp3) is 0.250. The molecule has 0 bridgehead atoms. The number of nitrogens with zero attached hydrogens (tertiary/aromatic N) is 1. The molecule has 2 heterocycles. The highest BCUT2D eigenvalue weighted by Gasteiger charge is 2.19. The fourth-order valence-electron chi connectivity index (χ4n) is 2.42. The third-order valence-corrected chi connectivity index (χ3v) is 5.57. The van der Waals surface area contributed by atoms with Crippen molar-refractivity contribution in [2.75, 3.05) is 7.11 Å². The van der Waals surface area contributed by atoms with Crippen LogP contribution in [0, 0.1) is 0 Å². The zero-order valence-electron chi connectivity index (χ0n) is 15.5. The number of methoxy groups -OCH3 is 1. The van der Waals surface area contributed by atoms with Crippen molar-refractivity contribution in [1.82, 2.24) is 10.3 Å². The molecule has 0 aliphatic rings. The van der Waals surface area contributed by atoms with Crippen molar-refractivity contribution in [3.63, 3.8) is 0 Å². The van der Waals surface area contributed by atoms with E-state index in [4.69, 9.17) is 9.47 Å². The number of hydrogen-bond acceptors (Lipinski definition) is 7. The van der Waals surface area contributed by atoms with E-state index in [9.17, 15) is 9.59 Å². The molecule has 1 N–H and O–H groups in total. The van der Waals surface area contributed by atoms with Crippen molar-refractivity contribution in [2.24, 2.45) is 0 Å². The number of thiazole rings is 1. The molecule has 3 aromatic rings. The van der Waals surface area contributed by atoms with Gasteiger partial charge in [-0.05, 0) is 36.1 Å². The van der Waals surface area contributed by atoms with Crippen LogP contribution in [0.5, 0.6) is 5.75 Å². The predicted octanol–water partition coefficient (Wildman–Crippen LogP) is 3.67. The molecule has 0 unspecified atom stereocenters. The highest BCUT2D eigenvalue weighted by atomic mass is 32.1. The molecule has 1 atom stereocenters. The first-order valence-electron chi connectivity index (χ1n) is 8.62. The van der Waals surface area contributed by atoms with Crippen molar-refractivity contribution >= 4 is 34.6 Å². The maximum absolute atomic E-state index is 12.2. The maximum atomic E-state index is 12.2. The molecule has 146 valence electrons. The van der Waals surface area contributed by atoms with Crippen LogP contribution in [-0.4, -0.2) is 30.1 Å². The van der Waals surface area contributed by atoms with Crippen molar-refractivity contribution in [3.05, 3.63) is 57.7 Å². The van der Waals surface area contributed by atoms with Crippen LogP contribution in [0.15, 0.2) is 46.5 Å². The van der Waals surface area contributed by atoms with Crippen LogP contribution < -0.4 is 10.1 Å². The third kappa shape index (κ3) is 5.40. The summed E-state index contributed by atoms with van der Waals surface area (Å²) in [6.07, 6.45) is -0.836.